The lowest BCUT2D eigenvalue weighted by molar-refractivity contribution is -0.384. The highest BCUT2D eigenvalue weighted by Crippen LogP contribution is 2.41. The minimum absolute atomic E-state index is 0.00225. The van der Waals surface area contributed by atoms with Crippen LogP contribution in [0.5, 0.6) is 11.5 Å². The van der Waals surface area contributed by atoms with Crippen LogP contribution in [0.4, 0.5) is 5.69 Å². The quantitative estimate of drug-likeness (QED) is 0.284. The van der Waals surface area contributed by atoms with E-state index in [0.717, 1.165) is 6.07 Å². The van der Waals surface area contributed by atoms with Crippen molar-refractivity contribution in [3.05, 3.63) is 52.1 Å². The van der Waals surface area contributed by atoms with Crippen LogP contribution in [0.15, 0.2) is 36.4 Å². The summed E-state index contributed by atoms with van der Waals surface area (Å²) in [6, 6.07) is 8.90. The molecule has 9 nitrogen and oxygen atoms in total. The molecule has 0 unspecified atom stereocenters. The fraction of sp³-hybridized carbons (Fsp3) is 0.278. The van der Waals surface area contributed by atoms with E-state index >= 15 is 0 Å². The molecule has 0 amide bonds. The molecule has 0 spiro atoms. The maximum Gasteiger partial charge on any atom is 0.338 e. The number of nitrogens with zero attached hydrogens (tertiary/aromatic N) is 1. The Hall–Kier alpha value is -3.17. The zero-order valence-corrected chi connectivity index (χ0v) is 15.1. The number of benzene rings is 2. The lowest BCUT2D eigenvalue weighted by atomic mass is 9.97. The van der Waals surface area contributed by atoms with Crippen LogP contribution in [-0.2, 0) is 14.2 Å². The van der Waals surface area contributed by atoms with Crippen molar-refractivity contribution in [2.24, 2.45) is 0 Å². The second-order valence-corrected chi connectivity index (χ2v) is 5.21. The highest BCUT2D eigenvalue weighted by Gasteiger charge is 2.23. The van der Waals surface area contributed by atoms with Crippen molar-refractivity contribution >= 4 is 11.7 Å². The molecule has 0 atom stereocenters. The number of non-ortho nitro benzene ring substituents is 1. The third-order valence-electron chi connectivity index (χ3n) is 3.54. The molecule has 9 heteroatoms. The van der Waals surface area contributed by atoms with Crippen molar-refractivity contribution in [2.45, 2.75) is 0 Å². The summed E-state index contributed by atoms with van der Waals surface area (Å²) in [5.41, 5.74) is 0.531. The van der Waals surface area contributed by atoms with Gasteiger partial charge in [-0.15, -0.1) is 0 Å². The van der Waals surface area contributed by atoms with E-state index in [2.05, 4.69) is 0 Å². The average molecular weight is 377 g/mol. The number of rotatable bonds is 9. The molecule has 0 radical (unpaired) electrons. The number of nitro groups is 1. The molecule has 0 aromatic heterocycles. The number of nitro benzene ring substituents is 1. The molecule has 2 rings (SSSR count). The number of carbonyl (C=O) groups excluding carboxylic acids is 1. The molecule has 0 aliphatic carbocycles. The van der Waals surface area contributed by atoms with Gasteiger partial charge in [0.15, 0.2) is 13.6 Å². The number of ether oxygens (including phenoxy) is 5. The summed E-state index contributed by atoms with van der Waals surface area (Å²) in [4.78, 5) is 22.8. The second-order valence-electron chi connectivity index (χ2n) is 5.21. The van der Waals surface area contributed by atoms with E-state index in [9.17, 15) is 14.9 Å². The summed E-state index contributed by atoms with van der Waals surface area (Å²) in [7, 11) is 4.13. The van der Waals surface area contributed by atoms with Crippen molar-refractivity contribution in [1.82, 2.24) is 0 Å². The number of hydrogen-bond donors (Lipinski definition) is 0. The van der Waals surface area contributed by atoms with Crippen molar-refractivity contribution in [1.29, 1.82) is 0 Å². The molecule has 0 aliphatic rings. The highest BCUT2D eigenvalue weighted by atomic mass is 16.7. The molecule has 27 heavy (non-hydrogen) atoms. The van der Waals surface area contributed by atoms with Gasteiger partial charge in [0.25, 0.3) is 5.69 Å². The molecule has 2 aromatic rings. The first-order valence-electron chi connectivity index (χ1n) is 7.77. The Bertz CT molecular complexity index is 795. The van der Waals surface area contributed by atoms with Crippen LogP contribution < -0.4 is 9.47 Å². The topological polar surface area (TPSA) is 106 Å². The highest BCUT2D eigenvalue weighted by molar-refractivity contribution is 6.00. The van der Waals surface area contributed by atoms with E-state index in [4.69, 9.17) is 23.7 Å². The number of hydrogen-bond acceptors (Lipinski definition) is 8. The summed E-state index contributed by atoms with van der Waals surface area (Å²) >= 11 is 0. The van der Waals surface area contributed by atoms with Gasteiger partial charge in [0.2, 0.25) is 0 Å². The standard InChI is InChI=1S/C18H19NO8/c1-23-10-26-15-5-4-6-16(27-11-24-2)17(15)13-8-7-12(19(21)22)9-14(13)18(20)25-3/h4-9H,10-11H2,1-3H3. The normalized spacial score (nSPS) is 10.3. The predicted octanol–water partition coefficient (Wildman–Crippen LogP) is 3.01. The third kappa shape index (κ3) is 4.72. The summed E-state index contributed by atoms with van der Waals surface area (Å²) in [5, 5.41) is 11.1. The van der Waals surface area contributed by atoms with Gasteiger partial charge < -0.3 is 23.7 Å². The summed E-state index contributed by atoms with van der Waals surface area (Å²) in [6.45, 7) is -0.0808. The minimum atomic E-state index is -0.729. The van der Waals surface area contributed by atoms with Gasteiger partial charge in [-0.3, -0.25) is 10.1 Å². The molecule has 0 aliphatic heterocycles. The van der Waals surface area contributed by atoms with Gasteiger partial charge in [-0.1, -0.05) is 6.07 Å². The lowest BCUT2D eigenvalue weighted by Crippen LogP contribution is -2.08. The summed E-state index contributed by atoms with van der Waals surface area (Å²) in [6.07, 6.45) is 0. The summed E-state index contributed by atoms with van der Waals surface area (Å²) in [5.74, 6) is 0.00172. The zero-order valence-electron chi connectivity index (χ0n) is 15.1. The van der Waals surface area contributed by atoms with E-state index < -0.39 is 10.9 Å². The molecule has 0 fully saturated rings. The van der Waals surface area contributed by atoms with Crippen LogP contribution in [0.1, 0.15) is 10.4 Å². The monoisotopic (exact) mass is 377 g/mol. The molecular formula is C18H19NO8. The van der Waals surface area contributed by atoms with Gasteiger partial charge in [0.1, 0.15) is 11.5 Å². The van der Waals surface area contributed by atoms with Gasteiger partial charge in [0, 0.05) is 31.9 Å². The fourth-order valence-corrected chi connectivity index (χ4v) is 2.40. The Labute approximate surface area is 155 Å². The Balaban J connectivity index is 2.70. The molecule has 144 valence electrons. The van der Waals surface area contributed by atoms with Crippen molar-refractivity contribution in [3.63, 3.8) is 0 Å². The maximum atomic E-state index is 12.3. The van der Waals surface area contributed by atoms with Gasteiger partial charge in [-0.2, -0.15) is 0 Å². The van der Waals surface area contributed by atoms with Crippen molar-refractivity contribution in [2.75, 3.05) is 34.9 Å². The zero-order chi connectivity index (χ0) is 19.8. The average Bonchev–Trinajstić information content (AvgIpc) is 2.69. The number of esters is 1. The van der Waals surface area contributed by atoms with E-state index in [1.54, 1.807) is 18.2 Å². The molecule has 0 bridgehead atoms. The molecule has 0 saturated heterocycles. The van der Waals surface area contributed by atoms with E-state index in [0.29, 0.717) is 22.6 Å². The van der Waals surface area contributed by atoms with Crippen LogP contribution in [-0.4, -0.2) is 45.8 Å². The molecule has 2 aromatic carbocycles. The van der Waals surface area contributed by atoms with Gasteiger partial charge >= 0.3 is 5.97 Å². The Morgan fingerprint density at radius 3 is 2.07 bits per heavy atom. The first-order valence-corrected chi connectivity index (χ1v) is 7.77. The number of carbonyl (C=O) groups is 1. The molecular weight excluding hydrogens is 358 g/mol. The summed E-state index contributed by atoms with van der Waals surface area (Å²) < 4.78 is 25.8. The van der Waals surface area contributed by atoms with Crippen molar-refractivity contribution < 1.29 is 33.4 Å². The van der Waals surface area contributed by atoms with E-state index in [-0.39, 0.29) is 24.8 Å². The third-order valence-corrected chi connectivity index (χ3v) is 3.54. The maximum absolute atomic E-state index is 12.3. The van der Waals surface area contributed by atoms with Gasteiger partial charge in [-0.05, 0) is 18.2 Å². The van der Waals surface area contributed by atoms with Crippen molar-refractivity contribution in [3.8, 4) is 22.6 Å². The Morgan fingerprint density at radius 2 is 1.59 bits per heavy atom. The van der Waals surface area contributed by atoms with Gasteiger partial charge in [0.05, 0.1) is 23.2 Å². The fourth-order valence-electron chi connectivity index (χ4n) is 2.40. The largest absolute Gasteiger partial charge is 0.467 e. The van der Waals surface area contributed by atoms with Gasteiger partial charge in [-0.25, -0.2) is 4.79 Å². The number of methoxy groups -OCH3 is 3. The molecule has 0 heterocycles. The molecule has 0 saturated carbocycles. The smallest absolute Gasteiger partial charge is 0.338 e. The first-order chi connectivity index (χ1) is 13.0. The second kappa shape index (κ2) is 9.51. The predicted molar refractivity (Wildman–Crippen MR) is 94.9 cm³/mol. The van der Waals surface area contributed by atoms with Crippen LogP contribution >= 0.6 is 0 Å². The first kappa shape index (κ1) is 20.1. The minimum Gasteiger partial charge on any atom is -0.467 e. The SMILES string of the molecule is COCOc1cccc(OCOC)c1-c1ccc([N+](=O)[O-])cc1C(=O)OC. The van der Waals surface area contributed by atoms with Crippen LogP contribution in [0.25, 0.3) is 11.1 Å². The van der Waals surface area contributed by atoms with Crippen LogP contribution in [0.2, 0.25) is 0 Å². The van der Waals surface area contributed by atoms with E-state index in [1.165, 1.54) is 33.5 Å². The van der Waals surface area contributed by atoms with E-state index in [1.807, 2.05) is 0 Å². The van der Waals surface area contributed by atoms with Crippen LogP contribution in [0.3, 0.4) is 0 Å². The Kier molecular flexibility index (Phi) is 7.09. The van der Waals surface area contributed by atoms with Crippen LogP contribution in [0, 0.1) is 10.1 Å². The lowest BCUT2D eigenvalue weighted by Gasteiger charge is -2.17. The Morgan fingerprint density at radius 1 is 1.00 bits per heavy atom. The molecule has 0 N–H and O–H groups in total.